The summed E-state index contributed by atoms with van der Waals surface area (Å²) >= 11 is 4.91. The molecule has 0 bridgehead atoms. The third-order valence-electron chi connectivity index (χ3n) is 2.83. The van der Waals surface area contributed by atoms with Gasteiger partial charge in [0.25, 0.3) is 0 Å². The first-order chi connectivity index (χ1) is 9.86. The third-order valence-corrected chi connectivity index (χ3v) is 4.41. The maximum atomic E-state index is 11.7. The molecule has 0 saturated carbocycles. The molecule has 0 saturated heterocycles. The van der Waals surface area contributed by atoms with Crippen molar-refractivity contribution in [3.63, 3.8) is 0 Å². The molecule has 1 amide bonds. The first-order valence-corrected chi connectivity index (χ1v) is 8.40. The maximum Gasteiger partial charge on any atom is 0.303 e. The lowest BCUT2D eigenvalue weighted by atomic mass is 9.94. The molecule has 0 aromatic carbocycles. The van der Waals surface area contributed by atoms with Gasteiger partial charge in [-0.05, 0) is 52.4 Å². The molecule has 0 fully saturated rings. The first-order valence-electron chi connectivity index (χ1n) is 6.80. The van der Waals surface area contributed by atoms with Crippen molar-refractivity contribution < 1.29 is 14.7 Å². The highest BCUT2D eigenvalue weighted by molar-refractivity contribution is 9.11. The number of hydrogen-bond acceptors (Lipinski definition) is 3. The number of carbonyl (C=O) groups is 2. The van der Waals surface area contributed by atoms with Gasteiger partial charge in [0.15, 0.2) is 0 Å². The number of amides is 1. The highest BCUT2D eigenvalue weighted by Gasteiger charge is 2.15. The molecular formula is C15H20BrNO3S. The predicted octanol–water partition coefficient (Wildman–Crippen LogP) is 3.78. The first kappa shape index (κ1) is 17.9. The zero-order valence-electron chi connectivity index (χ0n) is 12.1. The molecule has 2 N–H and O–H groups in total. The second kappa shape index (κ2) is 9.00. The third kappa shape index (κ3) is 8.02. The average Bonchev–Trinajstić information content (AvgIpc) is 2.78. The summed E-state index contributed by atoms with van der Waals surface area (Å²) in [7, 11) is 0. The normalized spacial score (nSPS) is 12.8. The van der Waals surface area contributed by atoms with E-state index in [1.807, 2.05) is 26.0 Å². The van der Waals surface area contributed by atoms with E-state index in [2.05, 4.69) is 21.2 Å². The summed E-state index contributed by atoms with van der Waals surface area (Å²) < 4.78 is 1.01. The molecule has 6 heteroatoms. The van der Waals surface area contributed by atoms with Gasteiger partial charge < -0.3 is 10.4 Å². The molecule has 4 nitrogen and oxygen atoms in total. The Labute approximate surface area is 137 Å². The Hall–Kier alpha value is -1.14. The van der Waals surface area contributed by atoms with Gasteiger partial charge in [0.1, 0.15) is 0 Å². The minimum absolute atomic E-state index is 0.0317. The van der Waals surface area contributed by atoms with Gasteiger partial charge in [-0.3, -0.25) is 9.59 Å². The van der Waals surface area contributed by atoms with Gasteiger partial charge in [-0.2, -0.15) is 0 Å². The van der Waals surface area contributed by atoms with Gasteiger partial charge >= 0.3 is 5.97 Å². The highest BCUT2D eigenvalue weighted by Crippen LogP contribution is 2.22. The number of halogens is 1. The van der Waals surface area contributed by atoms with E-state index in [1.54, 1.807) is 17.4 Å². The van der Waals surface area contributed by atoms with E-state index in [0.29, 0.717) is 12.5 Å². The van der Waals surface area contributed by atoms with E-state index in [0.717, 1.165) is 15.1 Å². The zero-order chi connectivity index (χ0) is 15.8. The molecular weight excluding hydrogens is 354 g/mol. The number of carbonyl (C=O) groups excluding carboxylic acids is 1. The van der Waals surface area contributed by atoms with Crippen LogP contribution >= 0.6 is 27.3 Å². The molecule has 1 heterocycles. The van der Waals surface area contributed by atoms with Crippen molar-refractivity contribution in [2.75, 3.05) is 6.54 Å². The van der Waals surface area contributed by atoms with Crippen LogP contribution in [0.4, 0.5) is 0 Å². The molecule has 0 aliphatic carbocycles. The average molecular weight is 374 g/mol. The fourth-order valence-corrected chi connectivity index (χ4v) is 3.36. The Morgan fingerprint density at radius 2 is 2.14 bits per heavy atom. The summed E-state index contributed by atoms with van der Waals surface area (Å²) in [5.41, 5.74) is 0. The Bertz CT molecular complexity index is 511. The minimum Gasteiger partial charge on any atom is -0.481 e. The summed E-state index contributed by atoms with van der Waals surface area (Å²) in [4.78, 5) is 23.6. The van der Waals surface area contributed by atoms with E-state index < -0.39 is 5.97 Å². The van der Waals surface area contributed by atoms with Crippen LogP contribution in [0.2, 0.25) is 0 Å². The van der Waals surface area contributed by atoms with Crippen LogP contribution in [-0.2, 0) is 9.59 Å². The number of carboxylic acids is 1. The highest BCUT2D eigenvalue weighted by atomic mass is 79.9. The quantitative estimate of drug-likeness (QED) is 0.681. The number of carboxylic acid groups (broad SMARTS) is 1. The maximum absolute atomic E-state index is 11.7. The van der Waals surface area contributed by atoms with E-state index in [4.69, 9.17) is 5.11 Å². The lowest BCUT2D eigenvalue weighted by Crippen LogP contribution is -2.29. The van der Waals surface area contributed by atoms with Gasteiger partial charge in [-0.25, -0.2) is 0 Å². The fraction of sp³-hybridized carbons (Fsp3) is 0.467. The van der Waals surface area contributed by atoms with Gasteiger partial charge in [0.05, 0.1) is 3.79 Å². The van der Waals surface area contributed by atoms with Crippen LogP contribution in [0.15, 0.2) is 22.0 Å². The van der Waals surface area contributed by atoms with Crippen molar-refractivity contribution >= 4 is 45.2 Å². The summed E-state index contributed by atoms with van der Waals surface area (Å²) in [6.45, 7) is 4.48. The Morgan fingerprint density at radius 3 is 2.67 bits per heavy atom. The molecule has 0 radical (unpaired) electrons. The molecule has 0 unspecified atom stereocenters. The monoisotopic (exact) mass is 373 g/mol. The smallest absolute Gasteiger partial charge is 0.303 e. The Balaban J connectivity index is 2.45. The van der Waals surface area contributed by atoms with Gasteiger partial charge in [-0.15, -0.1) is 11.3 Å². The van der Waals surface area contributed by atoms with Crippen LogP contribution in [0, 0.1) is 11.8 Å². The minimum atomic E-state index is -0.825. The van der Waals surface area contributed by atoms with Crippen molar-refractivity contribution in [1.82, 2.24) is 5.32 Å². The fourth-order valence-electron chi connectivity index (χ4n) is 2.03. The largest absolute Gasteiger partial charge is 0.481 e. The van der Waals surface area contributed by atoms with Gasteiger partial charge in [0.2, 0.25) is 5.91 Å². The number of hydrogen-bond donors (Lipinski definition) is 2. The Kier molecular flexibility index (Phi) is 7.67. The second-order valence-corrected chi connectivity index (χ2v) is 7.81. The van der Waals surface area contributed by atoms with Crippen molar-refractivity contribution in [3.8, 4) is 0 Å². The second-order valence-electron chi connectivity index (χ2n) is 5.31. The summed E-state index contributed by atoms with van der Waals surface area (Å²) in [6, 6.07) is 3.85. The van der Waals surface area contributed by atoms with E-state index in [1.165, 1.54) is 6.08 Å². The molecule has 1 aromatic rings. The number of nitrogens with one attached hydrogen (secondary N) is 1. The molecule has 0 aliphatic heterocycles. The molecule has 1 aromatic heterocycles. The summed E-state index contributed by atoms with van der Waals surface area (Å²) in [5.74, 6) is -0.645. The molecule has 0 spiro atoms. The Morgan fingerprint density at radius 1 is 1.43 bits per heavy atom. The van der Waals surface area contributed by atoms with Crippen LogP contribution < -0.4 is 5.32 Å². The number of rotatable bonds is 8. The van der Waals surface area contributed by atoms with E-state index in [-0.39, 0.29) is 18.2 Å². The number of thiophene rings is 1. The number of aliphatic carboxylic acids is 1. The molecule has 21 heavy (non-hydrogen) atoms. The molecule has 116 valence electrons. The standard InChI is InChI=1S/C15H20BrNO3S/c1-10(2)7-11(8-15(19)20)9-17-14(18)6-4-12-3-5-13(16)21-12/h3-6,10-11H,7-9H2,1-2H3,(H,17,18)(H,19,20)/t11-/m0/s1. The van der Waals surface area contributed by atoms with Gasteiger partial charge in [-0.1, -0.05) is 13.8 Å². The lowest BCUT2D eigenvalue weighted by molar-refractivity contribution is -0.138. The SMILES string of the molecule is CC(C)C[C@H](CNC(=O)C=Cc1ccc(Br)s1)CC(=O)O. The summed E-state index contributed by atoms with van der Waals surface area (Å²) in [5, 5.41) is 11.7. The summed E-state index contributed by atoms with van der Waals surface area (Å²) in [6.07, 6.45) is 4.10. The zero-order valence-corrected chi connectivity index (χ0v) is 14.5. The van der Waals surface area contributed by atoms with Crippen molar-refractivity contribution in [1.29, 1.82) is 0 Å². The lowest BCUT2D eigenvalue weighted by Gasteiger charge is -2.17. The van der Waals surface area contributed by atoms with Crippen molar-refractivity contribution in [2.45, 2.75) is 26.7 Å². The van der Waals surface area contributed by atoms with E-state index >= 15 is 0 Å². The van der Waals surface area contributed by atoms with E-state index in [9.17, 15) is 9.59 Å². The predicted molar refractivity (Wildman–Crippen MR) is 89.3 cm³/mol. The topological polar surface area (TPSA) is 66.4 Å². The molecule has 1 rings (SSSR count). The van der Waals surface area contributed by atoms with Crippen LogP contribution in [0.25, 0.3) is 6.08 Å². The van der Waals surface area contributed by atoms with Crippen LogP contribution in [-0.4, -0.2) is 23.5 Å². The van der Waals surface area contributed by atoms with Crippen LogP contribution in [0.3, 0.4) is 0 Å². The van der Waals surface area contributed by atoms with Crippen molar-refractivity contribution in [3.05, 3.63) is 26.9 Å². The molecule has 1 atom stereocenters. The molecule has 0 aliphatic rings. The van der Waals surface area contributed by atoms with Crippen molar-refractivity contribution in [2.24, 2.45) is 11.8 Å². The van der Waals surface area contributed by atoms with Gasteiger partial charge in [0, 0.05) is 23.9 Å². The van der Waals surface area contributed by atoms with Crippen LogP contribution in [0.1, 0.15) is 31.6 Å². The van der Waals surface area contributed by atoms with Crippen LogP contribution in [0.5, 0.6) is 0 Å².